The Hall–Kier alpha value is -2.43. The van der Waals surface area contributed by atoms with Crippen LogP contribution in [0.2, 0.25) is 0 Å². The monoisotopic (exact) mass is 560 g/mol. The lowest BCUT2D eigenvalue weighted by atomic mass is 9.85. The van der Waals surface area contributed by atoms with Crippen molar-refractivity contribution in [2.75, 3.05) is 65.6 Å². The van der Waals surface area contributed by atoms with Gasteiger partial charge >= 0.3 is 0 Å². The van der Waals surface area contributed by atoms with Gasteiger partial charge in [0.2, 0.25) is 0 Å². The third-order valence-electron chi connectivity index (χ3n) is 8.50. The second kappa shape index (κ2) is 15.0. The largest absolute Gasteiger partial charge is 0.378 e. The van der Waals surface area contributed by atoms with E-state index in [1.165, 1.54) is 0 Å². The Balaban J connectivity index is 1.45. The van der Waals surface area contributed by atoms with Crippen molar-refractivity contribution in [3.63, 3.8) is 0 Å². The summed E-state index contributed by atoms with van der Waals surface area (Å²) >= 11 is 0. The number of piperazine rings is 1. The van der Waals surface area contributed by atoms with Crippen LogP contribution in [-0.2, 0) is 9.53 Å². The molecule has 0 radical (unpaired) electrons. The molecule has 1 aromatic rings. The molecular weight excluding hydrogens is 514 g/mol. The number of alkyl halides is 2. The predicted octanol–water partition coefficient (Wildman–Crippen LogP) is 4.82. The molecule has 222 valence electrons. The van der Waals surface area contributed by atoms with Crippen molar-refractivity contribution in [3.05, 3.63) is 35.8 Å². The number of nitrogens with zero attached hydrogens (tertiary/aromatic N) is 6. The van der Waals surface area contributed by atoms with Crippen LogP contribution in [0.5, 0.6) is 0 Å². The molecule has 0 amide bonds. The summed E-state index contributed by atoms with van der Waals surface area (Å²) in [6.45, 7) is 16.3. The first-order valence-corrected chi connectivity index (χ1v) is 14.9. The lowest BCUT2D eigenvalue weighted by Crippen LogP contribution is -2.48. The molecule has 0 spiro atoms. The van der Waals surface area contributed by atoms with E-state index in [0.29, 0.717) is 42.5 Å². The van der Waals surface area contributed by atoms with Crippen LogP contribution in [0.4, 0.5) is 8.78 Å². The highest BCUT2D eigenvalue weighted by molar-refractivity contribution is 5.86. The number of halogens is 2. The van der Waals surface area contributed by atoms with Crippen molar-refractivity contribution in [2.45, 2.75) is 64.8 Å². The van der Waals surface area contributed by atoms with Gasteiger partial charge in [-0.3, -0.25) is 9.58 Å². The number of hydrogen-bond acceptors (Lipinski definition) is 6. The fourth-order valence-corrected chi connectivity index (χ4v) is 6.21. The molecule has 40 heavy (non-hydrogen) atoms. The van der Waals surface area contributed by atoms with E-state index in [2.05, 4.69) is 33.3 Å². The molecule has 1 aromatic heterocycles. The second-order valence-electron chi connectivity index (χ2n) is 11.2. The van der Waals surface area contributed by atoms with Gasteiger partial charge in [-0.15, -0.1) is 0 Å². The van der Waals surface area contributed by atoms with Crippen molar-refractivity contribution in [1.82, 2.24) is 24.5 Å². The molecule has 3 aliphatic rings. The number of morpholine rings is 1. The second-order valence-corrected chi connectivity index (χ2v) is 11.2. The summed E-state index contributed by atoms with van der Waals surface area (Å²) in [5, 5.41) is 4.42. The number of aromatic nitrogens is 2. The molecule has 0 N–H and O–H groups in total. The molecule has 2 aliphatic heterocycles. The van der Waals surface area contributed by atoms with Gasteiger partial charge in [-0.1, -0.05) is 19.6 Å². The van der Waals surface area contributed by atoms with Crippen molar-refractivity contribution in [3.8, 4) is 0 Å². The number of aldehydes is 1. The van der Waals surface area contributed by atoms with E-state index in [-0.39, 0.29) is 11.7 Å². The molecule has 1 aliphatic carbocycles. The number of hydrogen-bond donors (Lipinski definition) is 0. The Kier molecular flexibility index (Phi) is 11.4. The van der Waals surface area contributed by atoms with Crippen molar-refractivity contribution in [1.29, 1.82) is 0 Å². The Bertz CT molecular complexity index is 1030. The van der Waals surface area contributed by atoms with Crippen LogP contribution in [-0.4, -0.2) is 102 Å². The van der Waals surface area contributed by atoms with E-state index in [9.17, 15) is 13.6 Å². The van der Waals surface area contributed by atoms with E-state index >= 15 is 0 Å². The maximum atomic E-state index is 14.2. The lowest BCUT2D eigenvalue weighted by Gasteiger charge is -2.37. The molecule has 2 saturated heterocycles. The van der Waals surface area contributed by atoms with E-state index in [4.69, 9.17) is 9.73 Å². The quantitative estimate of drug-likeness (QED) is 0.167. The molecule has 0 aromatic carbocycles. The maximum absolute atomic E-state index is 14.2. The summed E-state index contributed by atoms with van der Waals surface area (Å²) in [6.07, 6.45) is 7.50. The van der Waals surface area contributed by atoms with E-state index < -0.39 is 6.43 Å². The van der Waals surface area contributed by atoms with Gasteiger partial charge in [-0.05, 0) is 44.9 Å². The highest BCUT2D eigenvalue weighted by atomic mass is 19.3. The first kappa shape index (κ1) is 30.5. The minimum absolute atomic E-state index is 0.116. The molecule has 0 bridgehead atoms. The summed E-state index contributed by atoms with van der Waals surface area (Å²) in [4.78, 5) is 22.6. The molecule has 3 heterocycles. The van der Waals surface area contributed by atoms with Gasteiger partial charge in [0.25, 0.3) is 6.43 Å². The third kappa shape index (κ3) is 7.85. The van der Waals surface area contributed by atoms with Crippen LogP contribution >= 0.6 is 0 Å². The fourth-order valence-electron chi connectivity index (χ4n) is 6.21. The van der Waals surface area contributed by atoms with Gasteiger partial charge in [0.1, 0.15) is 17.8 Å². The zero-order valence-electron chi connectivity index (χ0n) is 24.2. The Morgan fingerprint density at radius 2 is 1.80 bits per heavy atom. The molecule has 0 atom stereocenters. The topological polar surface area (TPSA) is 66.2 Å². The Morgan fingerprint density at radius 1 is 1.12 bits per heavy atom. The van der Waals surface area contributed by atoms with Crippen LogP contribution in [0.3, 0.4) is 0 Å². The summed E-state index contributed by atoms with van der Waals surface area (Å²) < 4.78 is 35.7. The smallest absolute Gasteiger partial charge is 0.282 e. The molecule has 3 fully saturated rings. The normalized spacial score (nSPS) is 24.3. The predicted molar refractivity (Wildman–Crippen MR) is 155 cm³/mol. The van der Waals surface area contributed by atoms with Gasteiger partial charge in [-0.2, -0.15) is 5.10 Å². The number of allylic oxidation sites excluding steroid dienone is 3. The van der Waals surface area contributed by atoms with Crippen molar-refractivity contribution < 1.29 is 18.3 Å². The van der Waals surface area contributed by atoms with Crippen molar-refractivity contribution in [2.24, 2.45) is 10.9 Å². The standard InChI is InChI=1S/C30H46F2N6O2/c1-4-6-28(37-16-19-40-20-17-37)33-23(3)26(5-2)27-22-38(34-29(27)30(31)32)25-9-7-24(8-10-25)21-36-13-11-35(12-14-36)15-18-39/h5,18,22,24-25,30H,2,4,6-17,19-21H2,1,3H3/b26-23-,33-28?. The average molecular weight is 561 g/mol. The zero-order valence-corrected chi connectivity index (χ0v) is 24.2. The van der Waals surface area contributed by atoms with Crippen LogP contribution in [0.25, 0.3) is 5.57 Å². The number of rotatable bonds is 11. The maximum Gasteiger partial charge on any atom is 0.282 e. The van der Waals surface area contributed by atoms with E-state index in [0.717, 1.165) is 96.5 Å². The minimum atomic E-state index is -2.67. The van der Waals surface area contributed by atoms with E-state index in [1.807, 2.05) is 6.92 Å². The molecular formula is C30H46F2N6O2. The highest BCUT2D eigenvalue weighted by Gasteiger charge is 2.29. The van der Waals surface area contributed by atoms with Crippen LogP contribution in [0.15, 0.2) is 29.5 Å². The fraction of sp³-hybridized carbons (Fsp3) is 0.700. The number of aliphatic imine (C=N–C) groups is 1. The summed E-state index contributed by atoms with van der Waals surface area (Å²) in [5.74, 6) is 1.58. The van der Waals surface area contributed by atoms with E-state index in [1.54, 1.807) is 17.0 Å². The third-order valence-corrected chi connectivity index (χ3v) is 8.50. The first-order chi connectivity index (χ1) is 19.4. The summed E-state index contributed by atoms with van der Waals surface area (Å²) in [7, 11) is 0. The summed E-state index contributed by atoms with van der Waals surface area (Å²) in [5.41, 5.74) is 1.54. The highest BCUT2D eigenvalue weighted by Crippen LogP contribution is 2.36. The summed E-state index contributed by atoms with van der Waals surface area (Å²) in [6, 6.07) is 0.116. The van der Waals surface area contributed by atoms with Gasteiger partial charge < -0.3 is 19.3 Å². The van der Waals surface area contributed by atoms with Crippen LogP contribution in [0.1, 0.15) is 76.1 Å². The molecule has 4 rings (SSSR count). The van der Waals surface area contributed by atoms with Gasteiger partial charge in [-0.25, -0.2) is 13.8 Å². The average Bonchev–Trinajstić information content (AvgIpc) is 3.41. The van der Waals surface area contributed by atoms with Crippen LogP contribution in [0, 0.1) is 5.92 Å². The zero-order chi connectivity index (χ0) is 28.5. The minimum Gasteiger partial charge on any atom is -0.378 e. The molecule has 1 saturated carbocycles. The number of carbonyl (C=O) groups is 1. The number of ether oxygens (including phenoxy) is 1. The van der Waals surface area contributed by atoms with Gasteiger partial charge in [0.05, 0.1) is 25.8 Å². The van der Waals surface area contributed by atoms with Crippen LogP contribution < -0.4 is 0 Å². The first-order valence-electron chi connectivity index (χ1n) is 14.9. The molecule has 8 nitrogen and oxygen atoms in total. The van der Waals surface area contributed by atoms with Gasteiger partial charge in [0.15, 0.2) is 0 Å². The lowest BCUT2D eigenvalue weighted by molar-refractivity contribution is -0.109. The SMILES string of the molecule is C=C/C(=C(\C)N=C(CCC)N1CCOCC1)c1cn(C2CCC(CN3CCN(CC=O)CC3)CC2)nc1C(F)F. The number of amidine groups is 1. The van der Waals surface area contributed by atoms with Gasteiger partial charge in [0, 0.05) is 75.3 Å². The Labute approximate surface area is 237 Å². The Morgan fingerprint density at radius 3 is 2.40 bits per heavy atom. The number of carbonyl (C=O) groups excluding carboxylic acids is 1. The molecule has 10 heteroatoms. The van der Waals surface area contributed by atoms with Crippen molar-refractivity contribution >= 4 is 17.7 Å². The molecule has 0 unspecified atom stereocenters.